The highest BCUT2D eigenvalue weighted by molar-refractivity contribution is 7.91. The maximum Gasteiger partial charge on any atom is 0.223 e. The monoisotopic (exact) mass is 334 g/mol. The van der Waals surface area contributed by atoms with Gasteiger partial charge in [0.05, 0.1) is 11.5 Å². The van der Waals surface area contributed by atoms with E-state index in [0.29, 0.717) is 25.8 Å². The number of hydrogen-bond donors (Lipinski definition) is 1. The number of aryl methyl sites for hydroxylation is 1. The van der Waals surface area contributed by atoms with Gasteiger partial charge in [-0.1, -0.05) is 18.2 Å². The summed E-state index contributed by atoms with van der Waals surface area (Å²) in [5.74, 6) is 0.351. The number of sulfone groups is 1. The molecule has 2 heterocycles. The van der Waals surface area contributed by atoms with Gasteiger partial charge in [0.1, 0.15) is 0 Å². The second-order valence-corrected chi connectivity index (χ2v) is 8.32. The predicted molar refractivity (Wildman–Crippen MR) is 91.1 cm³/mol. The molecule has 23 heavy (non-hydrogen) atoms. The third-order valence-electron chi connectivity index (χ3n) is 4.59. The van der Waals surface area contributed by atoms with Crippen molar-refractivity contribution in [1.29, 1.82) is 0 Å². The molecular weight excluding hydrogens is 312 g/mol. The van der Waals surface area contributed by atoms with Crippen LogP contribution < -0.4 is 0 Å². The predicted octanol–water partition coefficient (Wildman–Crippen LogP) is 2.14. The van der Waals surface area contributed by atoms with Crippen LogP contribution in [0.15, 0.2) is 30.5 Å². The van der Waals surface area contributed by atoms with E-state index in [1.54, 1.807) is 4.90 Å². The third kappa shape index (κ3) is 3.42. The minimum absolute atomic E-state index is 0.0416. The Labute approximate surface area is 136 Å². The first-order valence-corrected chi connectivity index (χ1v) is 9.87. The minimum Gasteiger partial charge on any atom is -0.361 e. The Balaban J connectivity index is 1.66. The van der Waals surface area contributed by atoms with Crippen LogP contribution in [0.4, 0.5) is 0 Å². The normalized spacial score (nSPS) is 20.0. The lowest BCUT2D eigenvalue weighted by molar-refractivity contribution is -0.132. The van der Waals surface area contributed by atoms with Crippen LogP contribution in [0.1, 0.15) is 25.3 Å². The van der Waals surface area contributed by atoms with Crippen molar-refractivity contribution in [3.05, 3.63) is 36.0 Å². The number of carbonyl (C=O) groups excluding carboxylic acids is 1. The van der Waals surface area contributed by atoms with Crippen LogP contribution in [0.3, 0.4) is 0 Å². The van der Waals surface area contributed by atoms with Crippen molar-refractivity contribution in [3.8, 4) is 0 Å². The maximum absolute atomic E-state index is 12.5. The Hall–Kier alpha value is -1.82. The number of amides is 1. The molecule has 1 unspecified atom stereocenters. The van der Waals surface area contributed by atoms with E-state index >= 15 is 0 Å². The summed E-state index contributed by atoms with van der Waals surface area (Å²) in [6.07, 6.45) is 3.59. The van der Waals surface area contributed by atoms with Crippen molar-refractivity contribution in [1.82, 2.24) is 9.88 Å². The average Bonchev–Trinajstić information content (AvgIpc) is 3.09. The molecule has 6 heteroatoms. The Bertz CT molecular complexity index is 810. The molecule has 1 fully saturated rings. The summed E-state index contributed by atoms with van der Waals surface area (Å²) < 4.78 is 23.3. The molecule has 1 aliphatic rings. The van der Waals surface area contributed by atoms with E-state index in [1.165, 1.54) is 0 Å². The Morgan fingerprint density at radius 2 is 2.13 bits per heavy atom. The van der Waals surface area contributed by atoms with Crippen molar-refractivity contribution >= 4 is 26.6 Å². The van der Waals surface area contributed by atoms with Crippen molar-refractivity contribution in [2.75, 3.05) is 18.1 Å². The summed E-state index contributed by atoms with van der Waals surface area (Å²) in [6, 6.07) is 7.88. The van der Waals surface area contributed by atoms with Gasteiger partial charge in [-0.05, 0) is 31.4 Å². The molecule has 1 amide bonds. The van der Waals surface area contributed by atoms with Gasteiger partial charge in [-0.15, -0.1) is 0 Å². The zero-order chi connectivity index (χ0) is 16.4. The summed E-state index contributed by atoms with van der Waals surface area (Å²) in [4.78, 5) is 17.5. The number of benzene rings is 1. The fourth-order valence-electron chi connectivity index (χ4n) is 3.38. The highest BCUT2D eigenvalue weighted by Crippen LogP contribution is 2.21. The van der Waals surface area contributed by atoms with Gasteiger partial charge < -0.3 is 9.88 Å². The fraction of sp³-hybridized carbons (Fsp3) is 0.471. The van der Waals surface area contributed by atoms with E-state index in [4.69, 9.17) is 0 Å². The molecule has 1 aromatic heterocycles. The number of hydrogen-bond acceptors (Lipinski definition) is 3. The lowest BCUT2D eigenvalue weighted by atomic mass is 10.1. The number of aromatic amines is 1. The number of aromatic nitrogens is 1. The van der Waals surface area contributed by atoms with E-state index in [-0.39, 0.29) is 23.5 Å². The topological polar surface area (TPSA) is 70.2 Å². The van der Waals surface area contributed by atoms with Crippen LogP contribution in [0.25, 0.3) is 10.9 Å². The SMILES string of the molecule is CCN(C(=O)CCc1c[nH]c2ccccc12)C1CCS(=O)(=O)C1. The number of nitrogens with zero attached hydrogens (tertiary/aromatic N) is 1. The molecule has 0 bridgehead atoms. The maximum atomic E-state index is 12.5. The van der Waals surface area contributed by atoms with Crippen LogP contribution >= 0.6 is 0 Å². The molecule has 1 atom stereocenters. The zero-order valence-electron chi connectivity index (χ0n) is 13.3. The van der Waals surface area contributed by atoms with Gasteiger partial charge in [-0.2, -0.15) is 0 Å². The van der Waals surface area contributed by atoms with E-state index in [1.807, 2.05) is 37.4 Å². The molecule has 1 saturated heterocycles. The van der Waals surface area contributed by atoms with Gasteiger partial charge in [0.25, 0.3) is 0 Å². The molecule has 1 N–H and O–H groups in total. The average molecular weight is 334 g/mol. The number of H-pyrrole nitrogens is 1. The van der Waals surface area contributed by atoms with Crippen molar-refractivity contribution in [2.45, 2.75) is 32.2 Å². The van der Waals surface area contributed by atoms with Crippen LogP contribution in [-0.2, 0) is 21.1 Å². The number of carbonyl (C=O) groups is 1. The smallest absolute Gasteiger partial charge is 0.223 e. The first kappa shape index (κ1) is 16.1. The molecule has 0 aliphatic carbocycles. The van der Waals surface area contributed by atoms with Crippen LogP contribution in [0, 0.1) is 0 Å². The molecule has 0 saturated carbocycles. The summed E-state index contributed by atoms with van der Waals surface area (Å²) in [5, 5.41) is 1.15. The van der Waals surface area contributed by atoms with E-state index in [2.05, 4.69) is 4.98 Å². The van der Waals surface area contributed by atoms with Crippen LogP contribution in [-0.4, -0.2) is 48.3 Å². The van der Waals surface area contributed by atoms with Crippen molar-refractivity contribution in [3.63, 3.8) is 0 Å². The molecule has 2 aromatic rings. The second kappa shape index (κ2) is 6.35. The van der Waals surface area contributed by atoms with Gasteiger partial charge in [0.15, 0.2) is 9.84 Å². The van der Waals surface area contributed by atoms with Gasteiger partial charge >= 0.3 is 0 Å². The van der Waals surface area contributed by atoms with E-state index in [9.17, 15) is 13.2 Å². The van der Waals surface area contributed by atoms with E-state index < -0.39 is 9.84 Å². The van der Waals surface area contributed by atoms with Crippen molar-refractivity contribution < 1.29 is 13.2 Å². The Morgan fingerprint density at radius 1 is 1.35 bits per heavy atom. The standard InChI is InChI=1S/C17H22N2O3S/c1-2-19(14-9-10-23(21,22)12-14)17(20)8-7-13-11-18-16-6-4-3-5-15(13)16/h3-6,11,14,18H,2,7-10,12H2,1H3. The summed E-state index contributed by atoms with van der Waals surface area (Å²) in [7, 11) is -2.97. The second-order valence-electron chi connectivity index (χ2n) is 6.10. The number of rotatable bonds is 5. The summed E-state index contributed by atoms with van der Waals surface area (Å²) in [6.45, 7) is 2.47. The van der Waals surface area contributed by atoms with Crippen LogP contribution in [0.2, 0.25) is 0 Å². The Morgan fingerprint density at radius 3 is 2.83 bits per heavy atom. The van der Waals surface area contributed by atoms with Crippen molar-refractivity contribution in [2.24, 2.45) is 0 Å². The third-order valence-corrected chi connectivity index (χ3v) is 6.34. The van der Waals surface area contributed by atoms with Gasteiger partial charge in [0, 0.05) is 36.1 Å². The molecule has 3 rings (SSSR count). The first-order chi connectivity index (χ1) is 11.0. The summed E-state index contributed by atoms with van der Waals surface area (Å²) in [5.41, 5.74) is 2.20. The highest BCUT2D eigenvalue weighted by atomic mass is 32.2. The molecule has 1 aromatic carbocycles. The van der Waals surface area contributed by atoms with Gasteiger partial charge in [-0.25, -0.2) is 8.42 Å². The number of nitrogens with one attached hydrogen (secondary N) is 1. The highest BCUT2D eigenvalue weighted by Gasteiger charge is 2.33. The van der Waals surface area contributed by atoms with Gasteiger partial charge in [0.2, 0.25) is 5.91 Å². The zero-order valence-corrected chi connectivity index (χ0v) is 14.1. The summed E-state index contributed by atoms with van der Waals surface area (Å²) >= 11 is 0. The van der Waals surface area contributed by atoms with E-state index in [0.717, 1.165) is 16.5 Å². The first-order valence-electron chi connectivity index (χ1n) is 8.05. The van der Waals surface area contributed by atoms with Crippen LogP contribution in [0.5, 0.6) is 0 Å². The molecule has 1 aliphatic heterocycles. The number of fused-ring (bicyclic) bond motifs is 1. The lowest BCUT2D eigenvalue weighted by Crippen LogP contribution is -2.41. The minimum atomic E-state index is -2.97. The number of para-hydroxylation sites is 1. The molecule has 0 radical (unpaired) electrons. The molecule has 124 valence electrons. The molecular formula is C17H22N2O3S. The lowest BCUT2D eigenvalue weighted by Gasteiger charge is -2.26. The largest absolute Gasteiger partial charge is 0.361 e. The van der Waals surface area contributed by atoms with Gasteiger partial charge in [-0.3, -0.25) is 4.79 Å². The quantitative estimate of drug-likeness (QED) is 0.911. The molecule has 0 spiro atoms. The molecule has 5 nitrogen and oxygen atoms in total. The Kier molecular flexibility index (Phi) is 4.43. The fourth-order valence-corrected chi connectivity index (χ4v) is 5.11.